The van der Waals surface area contributed by atoms with Crippen molar-refractivity contribution in [1.29, 1.82) is 0 Å². The number of benzene rings is 1. The fourth-order valence-electron chi connectivity index (χ4n) is 3.39. The lowest BCUT2D eigenvalue weighted by Crippen LogP contribution is -2.50. The summed E-state index contributed by atoms with van der Waals surface area (Å²) in [5.74, 6) is 0.0758. The predicted molar refractivity (Wildman–Crippen MR) is 89.2 cm³/mol. The minimum absolute atomic E-state index is 0.0758. The monoisotopic (exact) mass is 308 g/mol. The second kappa shape index (κ2) is 6.44. The molecule has 0 radical (unpaired) electrons. The van der Waals surface area contributed by atoms with Crippen LogP contribution in [0.4, 0.5) is 11.4 Å². The van der Waals surface area contributed by atoms with Crippen LogP contribution in [0.1, 0.15) is 43.7 Å². The maximum Gasteiger partial charge on any atom is 0.0787 e. The third-order valence-corrected chi connectivity index (χ3v) is 4.74. The van der Waals surface area contributed by atoms with E-state index >= 15 is 0 Å². The van der Waals surface area contributed by atoms with E-state index in [1.54, 1.807) is 0 Å². The first-order valence-corrected chi connectivity index (χ1v) is 7.87. The maximum absolute atomic E-state index is 9.74. The number of aliphatic hydroxyl groups excluding tert-OH is 3. The van der Waals surface area contributed by atoms with E-state index in [0.717, 1.165) is 28.9 Å². The Morgan fingerprint density at radius 3 is 2.64 bits per heavy atom. The summed E-state index contributed by atoms with van der Waals surface area (Å²) in [5, 5.41) is 28.4. The van der Waals surface area contributed by atoms with Crippen molar-refractivity contribution in [1.82, 2.24) is 0 Å². The van der Waals surface area contributed by atoms with Gasteiger partial charge in [-0.25, -0.2) is 0 Å². The van der Waals surface area contributed by atoms with Gasteiger partial charge in [0.1, 0.15) is 0 Å². The molecule has 1 aromatic rings. The van der Waals surface area contributed by atoms with Gasteiger partial charge in [0, 0.05) is 29.4 Å². The third kappa shape index (κ3) is 3.21. The number of nitrogens with zero attached hydrogens (tertiary/aromatic N) is 1. The van der Waals surface area contributed by atoms with Crippen LogP contribution in [-0.4, -0.2) is 46.7 Å². The normalized spacial score (nSPS) is 21.5. The summed E-state index contributed by atoms with van der Waals surface area (Å²) in [6.45, 7) is 6.81. The summed E-state index contributed by atoms with van der Waals surface area (Å²) in [4.78, 5) is 2.26. The van der Waals surface area contributed by atoms with E-state index < -0.39 is 6.10 Å². The molecule has 22 heavy (non-hydrogen) atoms. The Labute approximate surface area is 132 Å². The molecule has 0 saturated carbocycles. The Balaban J connectivity index is 2.41. The highest BCUT2D eigenvalue weighted by molar-refractivity contribution is 5.67. The summed E-state index contributed by atoms with van der Waals surface area (Å²) < 4.78 is 0. The minimum Gasteiger partial charge on any atom is -0.399 e. The molecule has 5 nitrogen and oxygen atoms in total. The predicted octanol–water partition coefficient (Wildman–Crippen LogP) is 1.39. The zero-order valence-electron chi connectivity index (χ0n) is 13.7. The summed E-state index contributed by atoms with van der Waals surface area (Å²) >= 11 is 0. The van der Waals surface area contributed by atoms with Crippen LogP contribution in [0.25, 0.3) is 0 Å². The molecular formula is C17H28N2O3. The number of aliphatic hydroxyl groups is 3. The highest BCUT2D eigenvalue weighted by Crippen LogP contribution is 2.44. The van der Waals surface area contributed by atoms with Crippen LogP contribution in [-0.2, 0) is 0 Å². The maximum atomic E-state index is 9.74. The molecule has 0 aliphatic carbocycles. The molecule has 124 valence electrons. The minimum atomic E-state index is -0.704. The molecule has 0 saturated heterocycles. The van der Waals surface area contributed by atoms with Gasteiger partial charge in [-0.3, -0.25) is 0 Å². The van der Waals surface area contributed by atoms with Gasteiger partial charge in [-0.05, 0) is 56.9 Å². The van der Waals surface area contributed by atoms with Gasteiger partial charge in [0.25, 0.3) is 0 Å². The van der Waals surface area contributed by atoms with Crippen LogP contribution >= 0.6 is 0 Å². The second-order valence-corrected chi connectivity index (χ2v) is 6.94. The van der Waals surface area contributed by atoms with E-state index in [1.807, 2.05) is 13.0 Å². The van der Waals surface area contributed by atoms with Crippen molar-refractivity contribution in [2.24, 2.45) is 0 Å². The van der Waals surface area contributed by atoms with Crippen LogP contribution < -0.4 is 10.6 Å². The standard InChI is InChI=1S/C17H28N2O3/c1-11-6-16-14(7-15(11)18)12(9-20)8-17(2,3)19(16)5-4-13(22)10-21/h6-7,12-13,20-22H,4-5,8-10,18H2,1-3H3. The van der Waals surface area contributed by atoms with Crippen LogP contribution in [0.2, 0.25) is 0 Å². The molecule has 5 heteroatoms. The van der Waals surface area contributed by atoms with E-state index in [4.69, 9.17) is 10.8 Å². The first-order valence-electron chi connectivity index (χ1n) is 7.87. The number of anilines is 2. The van der Waals surface area contributed by atoms with E-state index in [1.165, 1.54) is 0 Å². The van der Waals surface area contributed by atoms with Gasteiger partial charge in [-0.1, -0.05) is 0 Å². The van der Waals surface area contributed by atoms with E-state index in [0.29, 0.717) is 13.0 Å². The van der Waals surface area contributed by atoms with Gasteiger partial charge in [0.15, 0.2) is 0 Å². The van der Waals surface area contributed by atoms with Crippen molar-refractivity contribution in [3.63, 3.8) is 0 Å². The van der Waals surface area contributed by atoms with Crippen LogP contribution in [0.5, 0.6) is 0 Å². The fourth-order valence-corrected chi connectivity index (χ4v) is 3.39. The van der Waals surface area contributed by atoms with Crippen molar-refractivity contribution in [2.75, 3.05) is 30.4 Å². The van der Waals surface area contributed by atoms with E-state index in [-0.39, 0.29) is 24.7 Å². The number of fused-ring (bicyclic) bond motifs is 1. The van der Waals surface area contributed by atoms with Gasteiger partial charge in [-0.2, -0.15) is 0 Å². The Bertz CT molecular complexity index is 531. The topological polar surface area (TPSA) is 90.0 Å². The number of rotatable bonds is 5. The molecule has 0 aromatic heterocycles. The van der Waals surface area contributed by atoms with Crippen LogP contribution in [0, 0.1) is 6.92 Å². The summed E-state index contributed by atoms with van der Waals surface area (Å²) in [5.41, 5.74) is 9.82. The third-order valence-electron chi connectivity index (χ3n) is 4.74. The Morgan fingerprint density at radius 2 is 2.05 bits per heavy atom. The van der Waals surface area contributed by atoms with Crippen LogP contribution in [0.3, 0.4) is 0 Å². The van der Waals surface area contributed by atoms with Gasteiger partial charge in [0.05, 0.1) is 19.3 Å². The van der Waals surface area contributed by atoms with Crippen molar-refractivity contribution in [3.8, 4) is 0 Å². The Hall–Kier alpha value is -1.30. The quantitative estimate of drug-likeness (QED) is 0.617. The molecule has 0 fully saturated rings. The molecule has 2 unspecified atom stereocenters. The SMILES string of the molecule is Cc1cc2c(cc1N)C(CO)CC(C)(C)N2CCC(O)CO. The molecule has 1 aliphatic rings. The van der Waals surface area contributed by atoms with Crippen molar-refractivity contribution < 1.29 is 15.3 Å². The lowest BCUT2D eigenvalue weighted by atomic mass is 9.78. The first-order chi connectivity index (χ1) is 10.3. The number of nitrogens with two attached hydrogens (primary N) is 1. The second-order valence-electron chi connectivity index (χ2n) is 6.94. The van der Waals surface area contributed by atoms with Gasteiger partial charge in [-0.15, -0.1) is 0 Å². The number of hydrogen-bond acceptors (Lipinski definition) is 5. The van der Waals surface area contributed by atoms with Gasteiger partial charge >= 0.3 is 0 Å². The number of aryl methyl sites for hydroxylation is 1. The zero-order valence-corrected chi connectivity index (χ0v) is 13.7. The van der Waals surface area contributed by atoms with Crippen molar-refractivity contribution >= 4 is 11.4 Å². The van der Waals surface area contributed by atoms with Gasteiger partial charge in [0.2, 0.25) is 0 Å². The molecule has 2 atom stereocenters. The molecule has 2 rings (SSSR count). The Morgan fingerprint density at radius 1 is 1.36 bits per heavy atom. The number of hydrogen-bond donors (Lipinski definition) is 4. The molecule has 0 spiro atoms. The fraction of sp³-hybridized carbons (Fsp3) is 0.647. The van der Waals surface area contributed by atoms with Crippen LogP contribution in [0.15, 0.2) is 12.1 Å². The smallest absolute Gasteiger partial charge is 0.0787 e. The summed E-state index contributed by atoms with van der Waals surface area (Å²) in [6.07, 6.45) is 0.630. The Kier molecular flexibility index (Phi) is 5.00. The average molecular weight is 308 g/mol. The molecule has 1 heterocycles. The number of nitrogen functional groups attached to an aromatic ring is 1. The van der Waals surface area contributed by atoms with Gasteiger partial charge < -0.3 is 26.0 Å². The van der Waals surface area contributed by atoms with Crippen molar-refractivity contribution in [3.05, 3.63) is 23.3 Å². The zero-order chi connectivity index (χ0) is 16.5. The highest BCUT2D eigenvalue weighted by Gasteiger charge is 2.38. The molecule has 0 bridgehead atoms. The molecule has 1 aromatic carbocycles. The molecule has 0 amide bonds. The lowest BCUT2D eigenvalue weighted by molar-refractivity contribution is 0.0882. The molecule has 1 aliphatic heterocycles. The van der Waals surface area contributed by atoms with E-state index in [2.05, 4.69) is 24.8 Å². The summed E-state index contributed by atoms with van der Waals surface area (Å²) in [7, 11) is 0. The largest absolute Gasteiger partial charge is 0.399 e. The van der Waals surface area contributed by atoms with E-state index in [9.17, 15) is 10.2 Å². The lowest BCUT2D eigenvalue weighted by Gasteiger charge is -2.48. The summed E-state index contributed by atoms with van der Waals surface area (Å²) in [6, 6.07) is 4.04. The molecular weight excluding hydrogens is 280 g/mol. The average Bonchev–Trinajstić information content (AvgIpc) is 2.47. The highest BCUT2D eigenvalue weighted by atomic mass is 16.3. The van der Waals surface area contributed by atoms with Crippen molar-refractivity contribution in [2.45, 2.75) is 51.2 Å². The molecule has 5 N–H and O–H groups in total. The first kappa shape index (κ1) is 17.1.